The van der Waals surface area contributed by atoms with E-state index in [2.05, 4.69) is 67.8 Å². The molecule has 0 rings (SSSR count). The summed E-state index contributed by atoms with van der Waals surface area (Å²) in [7, 11) is 0. The summed E-state index contributed by atoms with van der Waals surface area (Å²) >= 11 is 0. The van der Waals surface area contributed by atoms with Crippen LogP contribution in [0.5, 0.6) is 0 Å². The third-order valence-corrected chi connectivity index (χ3v) is 15.2. The first kappa shape index (κ1) is 71.3. The lowest BCUT2D eigenvalue weighted by atomic mass is 10.00. The first-order chi connectivity index (χ1) is 36.0. The number of carbonyl (C=O) groups is 1. The van der Waals surface area contributed by atoms with E-state index in [1.165, 1.54) is 263 Å². The van der Waals surface area contributed by atoms with Crippen molar-refractivity contribution in [3.05, 3.63) is 48.6 Å². The van der Waals surface area contributed by atoms with E-state index < -0.39 is 36.9 Å². The summed E-state index contributed by atoms with van der Waals surface area (Å²) in [5.41, 5.74) is 0. The lowest BCUT2D eigenvalue weighted by molar-refractivity contribution is -0.132. The van der Waals surface area contributed by atoms with Crippen molar-refractivity contribution in [2.45, 2.75) is 366 Å². The molecule has 0 radical (unpaired) electrons. The topological polar surface area (TPSA) is 110 Å². The second-order valence-electron chi connectivity index (χ2n) is 22.4. The highest BCUT2D eigenvalue weighted by atomic mass is 16.3. The maximum atomic E-state index is 12.6. The lowest BCUT2D eigenvalue weighted by Crippen LogP contribution is -2.53. The molecule has 73 heavy (non-hydrogen) atoms. The Morgan fingerprint density at radius 1 is 0.342 bits per heavy atom. The summed E-state index contributed by atoms with van der Waals surface area (Å²) in [6, 6.07) is -1.01. The van der Waals surface area contributed by atoms with Crippen LogP contribution >= 0.6 is 0 Å². The number of carbonyl (C=O) groups excluding carboxylic acids is 1. The van der Waals surface area contributed by atoms with Gasteiger partial charge in [0.2, 0.25) is 5.91 Å². The molecule has 0 aromatic rings. The van der Waals surface area contributed by atoms with Crippen molar-refractivity contribution in [2.75, 3.05) is 6.61 Å². The van der Waals surface area contributed by atoms with E-state index >= 15 is 0 Å². The molecule has 4 atom stereocenters. The highest BCUT2D eigenvalue weighted by Crippen LogP contribution is 2.18. The van der Waals surface area contributed by atoms with Crippen LogP contribution in [0.2, 0.25) is 0 Å². The van der Waals surface area contributed by atoms with Gasteiger partial charge >= 0.3 is 0 Å². The molecular formula is C67H127NO5. The molecule has 0 aliphatic rings. The van der Waals surface area contributed by atoms with Crippen LogP contribution < -0.4 is 5.32 Å². The fraction of sp³-hybridized carbons (Fsp3) is 0.866. The predicted octanol–water partition coefficient (Wildman–Crippen LogP) is 19.7. The van der Waals surface area contributed by atoms with Gasteiger partial charge in [-0.05, 0) is 83.5 Å². The van der Waals surface area contributed by atoms with E-state index in [4.69, 9.17) is 0 Å². The van der Waals surface area contributed by atoms with E-state index in [-0.39, 0.29) is 0 Å². The van der Waals surface area contributed by atoms with Crippen LogP contribution in [0.15, 0.2) is 48.6 Å². The summed E-state index contributed by atoms with van der Waals surface area (Å²) in [4.78, 5) is 12.6. The lowest BCUT2D eigenvalue weighted by Gasteiger charge is -2.27. The van der Waals surface area contributed by atoms with Gasteiger partial charge in [0.25, 0.3) is 0 Å². The van der Waals surface area contributed by atoms with Gasteiger partial charge in [-0.15, -0.1) is 0 Å². The van der Waals surface area contributed by atoms with Crippen molar-refractivity contribution in [1.29, 1.82) is 0 Å². The van der Waals surface area contributed by atoms with Crippen molar-refractivity contribution in [3.8, 4) is 0 Å². The molecule has 0 aromatic carbocycles. The minimum absolute atomic E-state index is 0.360. The van der Waals surface area contributed by atoms with Gasteiger partial charge in [-0.25, -0.2) is 0 Å². The highest BCUT2D eigenvalue weighted by molar-refractivity contribution is 5.80. The Labute approximate surface area is 455 Å². The molecule has 430 valence electrons. The van der Waals surface area contributed by atoms with Crippen LogP contribution in [0.4, 0.5) is 0 Å². The predicted molar refractivity (Wildman–Crippen MR) is 320 cm³/mol. The third-order valence-electron chi connectivity index (χ3n) is 15.2. The van der Waals surface area contributed by atoms with E-state index in [1.807, 2.05) is 0 Å². The Kier molecular flexibility index (Phi) is 59.7. The van der Waals surface area contributed by atoms with Crippen LogP contribution in [0.25, 0.3) is 0 Å². The van der Waals surface area contributed by atoms with Gasteiger partial charge in [0.05, 0.1) is 18.8 Å². The minimum Gasteiger partial charge on any atom is -0.394 e. The van der Waals surface area contributed by atoms with Crippen LogP contribution in [0.1, 0.15) is 341 Å². The number of nitrogens with one attached hydrogen (secondary N) is 1. The minimum atomic E-state index is -1.29. The SMILES string of the molecule is CCCCCCCCCCC/C=C\C/C=C\CCCCCCCCCCCCCCCCCCC(O)C(=O)NC(CO)C(O)C(O)CCC/C=C/CC/C=C/CCCCCCCCCCCCCCCCCC. The van der Waals surface area contributed by atoms with Crippen molar-refractivity contribution in [1.82, 2.24) is 5.32 Å². The second-order valence-corrected chi connectivity index (χ2v) is 22.4. The molecule has 6 nitrogen and oxygen atoms in total. The fourth-order valence-corrected chi connectivity index (χ4v) is 10.2. The summed E-state index contributed by atoms with van der Waals surface area (Å²) in [5.74, 6) is -0.594. The molecule has 0 fully saturated rings. The monoisotopic (exact) mass is 1030 g/mol. The molecule has 0 aliphatic heterocycles. The number of rotatable bonds is 60. The smallest absolute Gasteiger partial charge is 0.249 e. The zero-order valence-electron chi connectivity index (χ0n) is 48.9. The number of allylic oxidation sites excluding steroid dienone is 8. The maximum absolute atomic E-state index is 12.6. The Morgan fingerprint density at radius 2 is 0.616 bits per heavy atom. The standard InChI is InChI=1S/C67H127NO5/c1-3-5-7-9-11-13-15-17-19-21-23-25-27-29-30-31-32-33-34-35-37-39-41-43-45-47-49-51-53-55-57-59-61-65(71)67(73)68-63(62-69)66(72)64(70)60-58-56-54-52-50-48-46-44-42-40-38-36-28-26-24-22-20-18-16-14-12-10-8-6-4-2/h23,25,29-30,44,46,52,54,63-66,69-72H,3-22,24,26-28,31-43,45,47-51,53,55-62H2,1-2H3,(H,68,73)/b25-23-,30-29-,46-44+,54-52+. The Balaban J connectivity index is 3.62. The van der Waals surface area contributed by atoms with Crippen LogP contribution in [0.3, 0.4) is 0 Å². The molecule has 0 spiro atoms. The number of unbranched alkanes of at least 4 members (excludes halogenated alkanes) is 43. The Hall–Kier alpha value is -1.73. The van der Waals surface area contributed by atoms with Crippen LogP contribution in [0, 0.1) is 0 Å². The molecule has 0 saturated carbocycles. The molecular weight excluding hydrogens is 899 g/mol. The van der Waals surface area contributed by atoms with Gasteiger partial charge in [0.1, 0.15) is 12.2 Å². The summed E-state index contributed by atoms with van der Waals surface area (Å²) < 4.78 is 0. The normalized spacial score (nSPS) is 13.9. The number of amides is 1. The average Bonchev–Trinajstić information content (AvgIpc) is 3.40. The summed E-state index contributed by atoms with van der Waals surface area (Å²) in [6.45, 7) is 4.08. The molecule has 0 heterocycles. The number of aliphatic hydroxyl groups excluding tert-OH is 4. The molecule has 0 bridgehead atoms. The van der Waals surface area contributed by atoms with Crippen molar-refractivity contribution in [2.24, 2.45) is 0 Å². The number of hydrogen-bond donors (Lipinski definition) is 5. The summed E-state index contributed by atoms with van der Waals surface area (Å²) in [6.07, 6.45) is 79.3. The van der Waals surface area contributed by atoms with Gasteiger partial charge in [0, 0.05) is 0 Å². The fourth-order valence-electron chi connectivity index (χ4n) is 10.2. The van der Waals surface area contributed by atoms with E-state index in [1.54, 1.807) is 0 Å². The van der Waals surface area contributed by atoms with E-state index in [0.29, 0.717) is 19.3 Å². The quantitative estimate of drug-likeness (QED) is 0.0308. The van der Waals surface area contributed by atoms with Gasteiger partial charge in [-0.2, -0.15) is 0 Å². The van der Waals surface area contributed by atoms with Crippen molar-refractivity contribution >= 4 is 5.91 Å². The molecule has 0 aliphatic carbocycles. The maximum Gasteiger partial charge on any atom is 0.249 e. The molecule has 4 unspecified atom stereocenters. The molecule has 1 amide bonds. The zero-order valence-corrected chi connectivity index (χ0v) is 48.9. The molecule has 0 saturated heterocycles. The van der Waals surface area contributed by atoms with Gasteiger partial charge in [-0.3, -0.25) is 4.79 Å². The van der Waals surface area contributed by atoms with E-state index in [0.717, 1.165) is 44.9 Å². The van der Waals surface area contributed by atoms with Crippen molar-refractivity contribution in [3.63, 3.8) is 0 Å². The van der Waals surface area contributed by atoms with Gasteiger partial charge < -0.3 is 25.7 Å². The third kappa shape index (κ3) is 54.9. The largest absolute Gasteiger partial charge is 0.394 e. The molecule has 6 heteroatoms. The zero-order chi connectivity index (χ0) is 53.0. The average molecular weight is 1030 g/mol. The summed E-state index contributed by atoms with van der Waals surface area (Å²) in [5, 5.41) is 44.1. The highest BCUT2D eigenvalue weighted by Gasteiger charge is 2.28. The first-order valence-electron chi connectivity index (χ1n) is 32.5. The van der Waals surface area contributed by atoms with Crippen LogP contribution in [-0.4, -0.2) is 57.3 Å². The van der Waals surface area contributed by atoms with E-state index in [9.17, 15) is 25.2 Å². The first-order valence-corrected chi connectivity index (χ1v) is 32.5. The molecule has 5 N–H and O–H groups in total. The number of hydrogen-bond acceptors (Lipinski definition) is 5. The van der Waals surface area contributed by atoms with Crippen molar-refractivity contribution < 1.29 is 25.2 Å². The second kappa shape index (κ2) is 61.1. The number of aliphatic hydroxyl groups is 4. The van der Waals surface area contributed by atoms with Gasteiger partial charge in [0.15, 0.2) is 0 Å². The Bertz CT molecular complexity index is 1200. The Morgan fingerprint density at radius 3 is 0.945 bits per heavy atom. The van der Waals surface area contributed by atoms with Crippen LogP contribution in [-0.2, 0) is 4.79 Å². The van der Waals surface area contributed by atoms with Gasteiger partial charge in [-0.1, -0.05) is 306 Å². The molecule has 0 aromatic heterocycles.